The minimum atomic E-state index is -0.116. The molecule has 0 saturated carbocycles. The van der Waals surface area contributed by atoms with Gasteiger partial charge in [0.1, 0.15) is 23.0 Å². The van der Waals surface area contributed by atoms with Crippen LogP contribution in [0.3, 0.4) is 0 Å². The highest BCUT2D eigenvalue weighted by molar-refractivity contribution is 7.02. The van der Waals surface area contributed by atoms with Crippen molar-refractivity contribution < 1.29 is 9.47 Å². The zero-order valence-corrected chi connectivity index (χ0v) is 39.7. The quantitative estimate of drug-likeness (QED) is 0.165. The lowest BCUT2D eigenvalue weighted by Gasteiger charge is -2.37. The Morgan fingerprint density at radius 2 is 0.716 bits per heavy atom. The van der Waals surface area contributed by atoms with E-state index in [4.69, 9.17) is 9.47 Å². The SMILES string of the molecule is c1ccc(N(c2ccccc2)c2cc3c4c(c2)-n2c5ccccc5c5cccc(c52)B4c2cc4c(cc2O3)Oc2cc(-n3c5ccccc5c5ccccc53)cc3c2B4c2cccc4c5ccccc5n-3c24)cc1. The van der Waals surface area contributed by atoms with E-state index in [1.165, 1.54) is 76.2 Å². The molecular formula is C66H38B2N4O2. The van der Waals surface area contributed by atoms with Gasteiger partial charge in [0.05, 0.1) is 33.4 Å². The molecule has 11 aromatic carbocycles. The summed E-state index contributed by atoms with van der Waals surface area (Å²) in [6.07, 6.45) is 0. The molecule has 0 atom stereocenters. The van der Waals surface area contributed by atoms with E-state index < -0.39 is 0 Å². The van der Waals surface area contributed by atoms with E-state index >= 15 is 0 Å². The Morgan fingerprint density at radius 1 is 0.297 bits per heavy atom. The number of hydrogen-bond donors (Lipinski definition) is 0. The molecular weight excluding hydrogens is 902 g/mol. The molecule has 0 N–H and O–H groups in total. The van der Waals surface area contributed by atoms with Crippen LogP contribution < -0.4 is 47.2 Å². The number of anilines is 3. The average Bonchev–Trinajstić information content (AvgIpc) is 4.11. The van der Waals surface area contributed by atoms with Gasteiger partial charge in [-0.1, -0.05) is 152 Å². The van der Waals surface area contributed by atoms with Crippen molar-refractivity contribution in [2.45, 2.75) is 0 Å². The summed E-state index contributed by atoms with van der Waals surface area (Å²) in [6.45, 7) is -0.226. The number of hydrogen-bond acceptors (Lipinski definition) is 3. The number of fused-ring (bicyclic) bond motifs is 17. The number of rotatable bonds is 4. The van der Waals surface area contributed by atoms with Gasteiger partial charge in [-0.2, -0.15) is 0 Å². The number of aromatic nitrogens is 3. The van der Waals surface area contributed by atoms with Gasteiger partial charge in [0.2, 0.25) is 0 Å². The van der Waals surface area contributed by atoms with Crippen molar-refractivity contribution in [3.8, 4) is 40.1 Å². The lowest BCUT2D eigenvalue weighted by Crippen LogP contribution is -2.62. The summed E-state index contributed by atoms with van der Waals surface area (Å²) in [6, 6.07) is 84.3. The summed E-state index contributed by atoms with van der Waals surface area (Å²) < 4.78 is 22.3. The molecule has 8 heteroatoms. The second kappa shape index (κ2) is 14.1. The fourth-order valence-electron chi connectivity index (χ4n) is 13.8. The Bertz CT molecular complexity index is 4730. The maximum atomic E-state index is 7.46. The van der Waals surface area contributed by atoms with Crippen LogP contribution in [0.2, 0.25) is 0 Å². The van der Waals surface area contributed by atoms with Crippen LogP contribution in [-0.4, -0.2) is 27.1 Å². The lowest BCUT2D eigenvalue weighted by atomic mass is 9.31. The van der Waals surface area contributed by atoms with E-state index in [9.17, 15) is 0 Å². The predicted octanol–water partition coefficient (Wildman–Crippen LogP) is 12.3. The molecule has 0 bridgehead atoms. The lowest BCUT2D eigenvalue weighted by molar-refractivity contribution is 0.465. The third-order valence-electron chi connectivity index (χ3n) is 16.7. The van der Waals surface area contributed by atoms with E-state index in [1.54, 1.807) is 0 Å². The topological polar surface area (TPSA) is 36.5 Å². The van der Waals surface area contributed by atoms with E-state index in [-0.39, 0.29) is 13.4 Å². The first-order chi connectivity index (χ1) is 36.7. The molecule has 4 aliphatic rings. The first-order valence-electron chi connectivity index (χ1n) is 25.6. The van der Waals surface area contributed by atoms with Gasteiger partial charge in [-0.25, -0.2) is 0 Å². The van der Waals surface area contributed by atoms with E-state index in [2.05, 4.69) is 249 Å². The molecule has 0 aliphatic carbocycles. The minimum absolute atomic E-state index is 0.110. The molecule has 0 unspecified atom stereocenters. The second-order valence-electron chi connectivity index (χ2n) is 20.3. The Morgan fingerprint density at radius 3 is 1.23 bits per heavy atom. The summed E-state index contributed by atoms with van der Waals surface area (Å²) in [5.41, 5.74) is 20.8. The summed E-state index contributed by atoms with van der Waals surface area (Å²) >= 11 is 0. The van der Waals surface area contributed by atoms with Gasteiger partial charge in [-0.05, 0) is 93.4 Å². The number of ether oxygens (including phenoxy) is 2. The summed E-state index contributed by atoms with van der Waals surface area (Å²) in [4.78, 5) is 2.34. The molecule has 18 rings (SSSR count). The number of para-hydroxylation sites is 8. The zero-order chi connectivity index (χ0) is 47.9. The number of nitrogens with zero attached hydrogens (tertiary/aromatic N) is 4. The average molecular weight is 941 g/mol. The van der Waals surface area contributed by atoms with Crippen LogP contribution in [0.4, 0.5) is 17.1 Å². The van der Waals surface area contributed by atoms with E-state index in [0.717, 1.165) is 79.1 Å². The first kappa shape index (κ1) is 39.0. The predicted molar refractivity (Wildman–Crippen MR) is 306 cm³/mol. The normalized spacial score (nSPS) is 13.3. The summed E-state index contributed by atoms with van der Waals surface area (Å²) in [5, 5.41) is 7.43. The highest BCUT2D eigenvalue weighted by Gasteiger charge is 2.46. The molecule has 14 aromatic rings. The Kier molecular flexibility index (Phi) is 7.41. The molecule has 7 heterocycles. The molecule has 0 spiro atoms. The first-order valence-corrected chi connectivity index (χ1v) is 25.6. The van der Waals surface area contributed by atoms with Crippen molar-refractivity contribution in [1.29, 1.82) is 0 Å². The van der Waals surface area contributed by atoms with Crippen LogP contribution in [0.15, 0.2) is 231 Å². The molecule has 0 radical (unpaired) electrons. The Balaban J connectivity index is 0.916. The molecule has 0 amide bonds. The molecule has 0 saturated heterocycles. The molecule has 4 aliphatic heterocycles. The summed E-state index contributed by atoms with van der Waals surface area (Å²) in [5.74, 6) is 3.31. The minimum Gasteiger partial charge on any atom is -0.458 e. The third kappa shape index (κ3) is 4.92. The van der Waals surface area contributed by atoms with Crippen LogP contribution in [0.25, 0.3) is 82.5 Å². The van der Waals surface area contributed by atoms with Crippen LogP contribution in [-0.2, 0) is 0 Å². The van der Waals surface area contributed by atoms with Gasteiger partial charge in [0, 0.05) is 84.3 Å². The molecule has 74 heavy (non-hydrogen) atoms. The molecule has 340 valence electrons. The van der Waals surface area contributed by atoms with Crippen molar-refractivity contribution in [1.82, 2.24) is 13.7 Å². The van der Waals surface area contributed by atoms with Crippen molar-refractivity contribution in [2.24, 2.45) is 0 Å². The highest BCUT2D eigenvalue weighted by Crippen LogP contribution is 2.45. The molecule has 3 aromatic heterocycles. The van der Waals surface area contributed by atoms with Crippen LogP contribution in [0.1, 0.15) is 0 Å². The fourth-order valence-corrected chi connectivity index (χ4v) is 13.8. The van der Waals surface area contributed by atoms with Gasteiger partial charge in [0.15, 0.2) is 0 Å². The van der Waals surface area contributed by atoms with Gasteiger partial charge in [-0.3, -0.25) is 0 Å². The Hall–Kier alpha value is -9.65. The standard InChI is InChI=1S/C66H38B2N4O2/c1-3-17-39(18-4-1)69(40-19-5-2-6-20-40)41-33-57-63-61(35-41)73-59-38-60-52(37-51(59)67(63)49-27-15-25-47-45-23-9-13-31-55(45)71(57)65(47)49)68-50-28-16-26-48-46-24-10-14-32-56(46)72(66(48)50)58-34-42(36-62(74-60)64(58)68)70-53-29-11-7-21-43(53)44-22-8-12-30-54(44)70/h1-38H. The highest BCUT2D eigenvalue weighted by atomic mass is 16.5. The number of benzene rings is 11. The van der Waals surface area contributed by atoms with Crippen molar-refractivity contribution >= 4 is 129 Å². The van der Waals surface area contributed by atoms with E-state index in [0.29, 0.717) is 0 Å². The molecule has 6 nitrogen and oxygen atoms in total. The second-order valence-corrected chi connectivity index (χ2v) is 20.3. The summed E-state index contributed by atoms with van der Waals surface area (Å²) in [7, 11) is 0. The van der Waals surface area contributed by atoms with Crippen LogP contribution in [0.5, 0.6) is 23.0 Å². The van der Waals surface area contributed by atoms with Gasteiger partial charge < -0.3 is 28.1 Å². The van der Waals surface area contributed by atoms with E-state index in [1.807, 2.05) is 0 Å². The Labute approximate surface area is 425 Å². The van der Waals surface area contributed by atoms with Gasteiger partial charge >= 0.3 is 0 Å². The van der Waals surface area contributed by atoms with Gasteiger partial charge in [-0.15, -0.1) is 0 Å². The fraction of sp³-hybridized carbons (Fsp3) is 0. The zero-order valence-electron chi connectivity index (χ0n) is 39.7. The maximum absolute atomic E-state index is 7.46. The van der Waals surface area contributed by atoms with Crippen LogP contribution in [0, 0.1) is 0 Å². The third-order valence-corrected chi connectivity index (χ3v) is 16.7. The van der Waals surface area contributed by atoms with Crippen LogP contribution >= 0.6 is 0 Å². The van der Waals surface area contributed by atoms with Crippen molar-refractivity contribution in [3.63, 3.8) is 0 Å². The van der Waals surface area contributed by atoms with Crippen molar-refractivity contribution in [3.05, 3.63) is 231 Å². The van der Waals surface area contributed by atoms with Gasteiger partial charge in [0.25, 0.3) is 13.4 Å². The monoisotopic (exact) mass is 940 g/mol. The van der Waals surface area contributed by atoms with Crippen molar-refractivity contribution in [2.75, 3.05) is 4.90 Å². The smallest absolute Gasteiger partial charge is 0.256 e. The maximum Gasteiger partial charge on any atom is 0.256 e. The largest absolute Gasteiger partial charge is 0.458 e. The molecule has 0 fully saturated rings.